The van der Waals surface area contributed by atoms with Crippen molar-refractivity contribution >= 4 is 40.5 Å². The van der Waals surface area contributed by atoms with Crippen LogP contribution in [-0.4, -0.2) is 0 Å². The Balaban J connectivity index is 2.13. The molecule has 0 aromatic heterocycles. The summed E-state index contributed by atoms with van der Waals surface area (Å²) in [4.78, 5) is 0. The predicted octanol–water partition coefficient (Wildman–Crippen LogP) is 5.57. The minimum atomic E-state index is 0.628. The zero-order valence-electron chi connectivity index (χ0n) is 9.81. The second-order valence-corrected chi connectivity index (χ2v) is 5.39. The molecule has 0 radical (unpaired) electrons. The smallest absolute Gasteiger partial charge is 0.0637 e. The fraction of sp³-hybridized carbons (Fsp3) is 0.143. The Bertz CT molecular complexity index is 547. The Hall–Kier alpha value is -0.890. The number of hydrogen-bond donors (Lipinski definition) is 1. The second kappa shape index (κ2) is 5.83. The van der Waals surface area contributed by atoms with Crippen molar-refractivity contribution in [3.8, 4) is 0 Å². The summed E-state index contributed by atoms with van der Waals surface area (Å²) < 4.78 is 0. The maximum absolute atomic E-state index is 6.11. The van der Waals surface area contributed by atoms with Gasteiger partial charge in [0.25, 0.3) is 0 Å². The minimum absolute atomic E-state index is 0.628. The zero-order chi connectivity index (χ0) is 13.1. The molecule has 4 heteroatoms. The first-order valence-corrected chi connectivity index (χ1v) is 6.63. The number of benzene rings is 2. The molecule has 0 aliphatic heterocycles. The number of halogens is 3. The van der Waals surface area contributed by atoms with Crippen molar-refractivity contribution in [2.45, 2.75) is 13.5 Å². The van der Waals surface area contributed by atoms with Crippen molar-refractivity contribution in [3.05, 3.63) is 62.6 Å². The molecule has 0 saturated heterocycles. The molecule has 1 N–H and O–H groups in total. The van der Waals surface area contributed by atoms with Gasteiger partial charge in [0.15, 0.2) is 0 Å². The van der Waals surface area contributed by atoms with E-state index in [0.29, 0.717) is 21.6 Å². The van der Waals surface area contributed by atoms with Crippen LogP contribution in [0.25, 0.3) is 0 Å². The lowest BCUT2D eigenvalue weighted by Gasteiger charge is -2.10. The molecular weight excluding hydrogens is 289 g/mol. The van der Waals surface area contributed by atoms with Crippen LogP contribution in [-0.2, 0) is 6.54 Å². The molecule has 0 aliphatic carbocycles. The van der Waals surface area contributed by atoms with Crippen molar-refractivity contribution in [2.24, 2.45) is 0 Å². The first-order valence-electron chi connectivity index (χ1n) is 5.49. The molecule has 0 heterocycles. The average Bonchev–Trinajstić information content (AvgIpc) is 2.29. The molecule has 0 bridgehead atoms. The number of anilines is 1. The fourth-order valence-electron chi connectivity index (χ4n) is 1.68. The van der Waals surface area contributed by atoms with Crippen LogP contribution in [0.2, 0.25) is 15.1 Å². The Kier molecular flexibility index (Phi) is 4.39. The highest BCUT2D eigenvalue weighted by molar-refractivity contribution is 6.34. The Morgan fingerprint density at radius 3 is 2.28 bits per heavy atom. The molecule has 2 rings (SSSR count). The lowest BCUT2D eigenvalue weighted by atomic mass is 10.2. The lowest BCUT2D eigenvalue weighted by Crippen LogP contribution is -2.00. The van der Waals surface area contributed by atoms with Crippen molar-refractivity contribution < 1.29 is 0 Å². The van der Waals surface area contributed by atoms with E-state index in [9.17, 15) is 0 Å². The van der Waals surface area contributed by atoms with Crippen LogP contribution < -0.4 is 5.32 Å². The van der Waals surface area contributed by atoms with Gasteiger partial charge in [-0.05, 0) is 48.4 Å². The van der Waals surface area contributed by atoms with Crippen LogP contribution >= 0.6 is 34.8 Å². The van der Waals surface area contributed by atoms with E-state index in [4.69, 9.17) is 34.8 Å². The molecule has 2 aromatic rings. The first kappa shape index (κ1) is 13.5. The van der Waals surface area contributed by atoms with Crippen LogP contribution in [0.1, 0.15) is 11.1 Å². The topological polar surface area (TPSA) is 12.0 Å². The number of rotatable bonds is 3. The SMILES string of the molecule is Cc1ccc(Cl)c(NCc2cc(Cl)cc(Cl)c2)c1. The number of hydrogen-bond acceptors (Lipinski definition) is 1. The van der Waals surface area contributed by atoms with E-state index in [2.05, 4.69) is 5.32 Å². The maximum Gasteiger partial charge on any atom is 0.0637 e. The van der Waals surface area contributed by atoms with Crippen LogP contribution in [0.5, 0.6) is 0 Å². The Labute approximate surface area is 122 Å². The number of aryl methyl sites for hydroxylation is 1. The highest BCUT2D eigenvalue weighted by Crippen LogP contribution is 2.24. The van der Waals surface area contributed by atoms with Gasteiger partial charge >= 0.3 is 0 Å². The van der Waals surface area contributed by atoms with E-state index >= 15 is 0 Å². The molecule has 0 spiro atoms. The summed E-state index contributed by atoms with van der Waals surface area (Å²) in [7, 11) is 0. The van der Waals surface area contributed by atoms with E-state index in [1.165, 1.54) is 0 Å². The third kappa shape index (κ3) is 3.55. The molecule has 0 aliphatic rings. The highest BCUT2D eigenvalue weighted by atomic mass is 35.5. The maximum atomic E-state index is 6.11. The van der Waals surface area contributed by atoms with Crippen molar-refractivity contribution in [1.82, 2.24) is 0 Å². The summed E-state index contributed by atoms with van der Waals surface area (Å²) in [6, 6.07) is 11.3. The van der Waals surface area contributed by atoms with E-state index in [-0.39, 0.29) is 0 Å². The molecule has 2 aromatic carbocycles. The first-order chi connectivity index (χ1) is 8.54. The molecule has 0 saturated carbocycles. The van der Waals surface area contributed by atoms with Crippen LogP contribution in [0.3, 0.4) is 0 Å². The molecule has 0 amide bonds. The fourth-order valence-corrected chi connectivity index (χ4v) is 2.44. The standard InChI is InChI=1S/C14H12Cl3N/c1-9-2-3-13(17)14(4-9)18-8-10-5-11(15)7-12(16)6-10/h2-7,18H,8H2,1H3. The third-order valence-corrected chi connectivity index (χ3v) is 3.29. The highest BCUT2D eigenvalue weighted by Gasteiger charge is 2.02. The third-order valence-electron chi connectivity index (χ3n) is 2.53. The summed E-state index contributed by atoms with van der Waals surface area (Å²) >= 11 is 18.0. The molecule has 94 valence electrons. The summed E-state index contributed by atoms with van der Waals surface area (Å²) in [5, 5.41) is 5.25. The predicted molar refractivity (Wildman–Crippen MR) is 80.0 cm³/mol. The summed E-state index contributed by atoms with van der Waals surface area (Å²) in [5.41, 5.74) is 3.09. The van der Waals surface area contributed by atoms with Gasteiger partial charge in [-0.2, -0.15) is 0 Å². The Morgan fingerprint density at radius 2 is 1.61 bits per heavy atom. The van der Waals surface area contributed by atoms with Gasteiger partial charge in [-0.15, -0.1) is 0 Å². The molecule has 0 fully saturated rings. The number of nitrogens with one attached hydrogen (secondary N) is 1. The monoisotopic (exact) mass is 299 g/mol. The quantitative estimate of drug-likeness (QED) is 0.781. The van der Waals surface area contributed by atoms with E-state index < -0.39 is 0 Å². The average molecular weight is 301 g/mol. The second-order valence-electron chi connectivity index (χ2n) is 4.11. The van der Waals surface area contributed by atoms with E-state index in [1.54, 1.807) is 6.07 Å². The van der Waals surface area contributed by atoms with Gasteiger partial charge in [-0.3, -0.25) is 0 Å². The molecular formula is C14H12Cl3N. The molecule has 0 atom stereocenters. The van der Waals surface area contributed by atoms with Gasteiger partial charge in [0.1, 0.15) is 0 Å². The molecule has 1 nitrogen and oxygen atoms in total. The summed E-state index contributed by atoms with van der Waals surface area (Å²) in [6.45, 7) is 2.65. The van der Waals surface area contributed by atoms with Crippen molar-refractivity contribution in [2.75, 3.05) is 5.32 Å². The van der Waals surface area contributed by atoms with Gasteiger partial charge < -0.3 is 5.32 Å². The minimum Gasteiger partial charge on any atom is -0.380 e. The van der Waals surface area contributed by atoms with Crippen molar-refractivity contribution in [3.63, 3.8) is 0 Å². The van der Waals surface area contributed by atoms with Gasteiger partial charge in [0, 0.05) is 16.6 Å². The lowest BCUT2D eigenvalue weighted by molar-refractivity contribution is 1.15. The summed E-state index contributed by atoms with van der Waals surface area (Å²) in [5.74, 6) is 0. The molecule has 18 heavy (non-hydrogen) atoms. The normalized spacial score (nSPS) is 10.4. The van der Waals surface area contributed by atoms with Crippen LogP contribution in [0.4, 0.5) is 5.69 Å². The Morgan fingerprint density at radius 1 is 0.944 bits per heavy atom. The largest absolute Gasteiger partial charge is 0.380 e. The molecule has 0 unspecified atom stereocenters. The van der Waals surface area contributed by atoms with Gasteiger partial charge in [0.05, 0.1) is 10.7 Å². The van der Waals surface area contributed by atoms with Gasteiger partial charge in [0.2, 0.25) is 0 Å². The van der Waals surface area contributed by atoms with Gasteiger partial charge in [-0.25, -0.2) is 0 Å². The van der Waals surface area contributed by atoms with Crippen LogP contribution in [0, 0.1) is 6.92 Å². The van der Waals surface area contributed by atoms with E-state index in [1.807, 2.05) is 37.3 Å². The summed E-state index contributed by atoms with van der Waals surface area (Å²) in [6.07, 6.45) is 0. The van der Waals surface area contributed by atoms with Gasteiger partial charge in [-0.1, -0.05) is 40.9 Å². The van der Waals surface area contributed by atoms with Crippen LogP contribution in [0.15, 0.2) is 36.4 Å². The zero-order valence-corrected chi connectivity index (χ0v) is 12.1. The van der Waals surface area contributed by atoms with Crippen molar-refractivity contribution in [1.29, 1.82) is 0 Å². The van der Waals surface area contributed by atoms with E-state index in [0.717, 1.165) is 16.8 Å².